The van der Waals surface area contributed by atoms with E-state index in [1.165, 1.54) is 18.7 Å². The maximum Gasteiger partial charge on any atom is 0.319 e. The van der Waals surface area contributed by atoms with Crippen molar-refractivity contribution in [2.45, 2.75) is 69.7 Å². The van der Waals surface area contributed by atoms with Crippen LogP contribution < -0.4 is 20.3 Å². The van der Waals surface area contributed by atoms with Crippen LogP contribution in [0.1, 0.15) is 54.5 Å². The van der Waals surface area contributed by atoms with Crippen LogP contribution in [0.15, 0.2) is 24.8 Å². The topological polar surface area (TPSA) is 139 Å². The number of nitrogen functional groups attached to an aromatic ring is 1. The van der Waals surface area contributed by atoms with E-state index >= 15 is 0 Å². The summed E-state index contributed by atoms with van der Waals surface area (Å²) >= 11 is 0. The normalized spacial score (nSPS) is 23.0. The molecule has 1 amide bonds. The molecule has 1 saturated carbocycles. The highest BCUT2D eigenvalue weighted by Gasteiger charge is 2.55. The predicted molar refractivity (Wildman–Crippen MR) is 167 cm³/mol. The van der Waals surface area contributed by atoms with Crippen LogP contribution in [0.3, 0.4) is 0 Å². The number of fused-ring (bicyclic) bond motifs is 1. The summed E-state index contributed by atoms with van der Waals surface area (Å²) < 4.78 is 6.75. The molecule has 4 aliphatic rings. The minimum atomic E-state index is -0.263. The van der Waals surface area contributed by atoms with Crippen molar-refractivity contribution in [2.24, 2.45) is 0 Å². The first kappa shape index (κ1) is 28.9. The van der Waals surface area contributed by atoms with Gasteiger partial charge in [0.05, 0.1) is 36.5 Å². The van der Waals surface area contributed by atoms with Crippen molar-refractivity contribution in [3.05, 3.63) is 47.2 Å². The molecule has 1 aromatic carbocycles. The van der Waals surface area contributed by atoms with Gasteiger partial charge in [-0.1, -0.05) is 12.6 Å². The molecular formula is C32H41N9O2. The van der Waals surface area contributed by atoms with Crippen LogP contribution in [-0.2, 0) is 17.8 Å². The summed E-state index contributed by atoms with van der Waals surface area (Å²) in [6.45, 7) is 9.62. The molecule has 0 spiro atoms. The minimum absolute atomic E-state index is 0.153. The van der Waals surface area contributed by atoms with Gasteiger partial charge in [-0.05, 0) is 70.3 Å². The molecule has 226 valence electrons. The summed E-state index contributed by atoms with van der Waals surface area (Å²) in [4.78, 5) is 31.3. The Balaban J connectivity index is 1.37. The highest BCUT2D eigenvalue weighted by atomic mass is 16.5. The fourth-order valence-electron chi connectivity index (χ4n) is 7.31. The zero-order chi connectivity index (χ0) is 30.3. The number of likely N-dealkylation sites (N-methyl/N-ethyl adjacent to an activating group) is 1. The Kier molecular flexibility index (Phi) is 7.73. The number of amides is 1. The Morgan fingerprint density at radius 2 is 2.07 bits per heavy atom. The summed E-state index contributed by atoms with van der Waals surface area (Å²) in [6, 6.07) is 6.60. The molecule has 3 fully saturated rings. The lowest BCUT2D eigenvalue weighted by molar-refractivity contribution is -0.128. The third-order valence-electron chi connectivity index (χ3n) is 9.67. The number of carbonyl (C=O) groups is 1. The Morgan fingerprint density at radius 1 is 1.26 bits per heavy atom. The van der Waals surface area contributed by atoms with E-state index in [0.29, 0.717) is 50.3 Å². The first-order chi connectivity index (χ1) is 20.8. The van der Waals surface area contributed by atoms with Crippen molar-refractivity contribution in [2.75, 3.05) is 55.3 Å². The number of nitriles is 1. The second kappa shape index (κ2) is 11.5. The maximum absolute atomic E-state index is 12.6. The van der Waals surface area contributed by atoms with Gasteiger partial charge < -0.3 is 30.6 Å². The first-order valence-electron chi connectivity index (χ1n) is 15.3. The van der Waals surface area contributed by atoms with E-state index in [4.69, 9.17) is 25.8 Å². The zero-order valence-corrected chi connectivity index (χ0v) is 25.2. The molecule has 4 heterocycles. The summed E-state index contributed by atoms with van der Waals surface area (Å²) in [7, 11) is 2.17. The van der Waals surface area contributed by atoms with Crippen molar-refractivity contribution >= 4 is 29.3 Å². The lowest BCUT2D eigenvalue weighted by atomic mass is 9.99. The SMILES string of the molecule is C=CC(=O)N1CCN(c2nc(OC3([C@@H]4CCCN4C)CC3)nc3c2CCN(c2c(C)ccc(N)c2C=N)C3)C[C@@H]1CC#N. The fraction of sp³-hybridized carbons (Fsp3) is 0.531. The second-order valence-electron chi connectivity index (χ2n) is 12.3. The van der Waals surface area contributed by atoms with Crippen molar-refractivity contribution in [1.82, 2.24) is 19.8 Å². The molecule has 3 aliphatic heterocycles. The number of nitrogens with one attached hydrogen (secondary N) is 1. The number of ether oxygens (including phenoxy) is 1. The fourth-order valence-corrected chi connectivity index (χ4v) is 7.31. The van der Waals surface area contributed by atoms with Gasteiger partial charge in [-0.15, -0.1) is 0 Å². The molecule has 2 atom stereocenters. The van der Waals surface area contributed by atoms with Crippen LogP contribution in [0.5, 0.6) is 6.01 Å². The van der Waals surface area contributed by atoms with Crippen LogP contribution in [0.25, 0.3) is 0 Å². The number of rotatable bonds is 8. The lowest BCUT2D eigenvalue weighted by Crippen LogP contribution is -2.55. The number of piperazine rings is 1. The van der Waals surface area contributed by atoms with Gasteiger partial charge in [-0.25, -0.2) is 0 Å². The highest BCUT2D eigenvalue weighted by Crippen LogP contribution is 2.48. The van der Waals surface area contributed by atoms with Gasteiger partial charge >= 0.3 is 6.01 Å². The molecule has 6 rings (SSSR count). The van der Waals surface area contributed by atoms with Crippen LogP contribution in [0.2, 0.25) is 0 Å². The minimum Gasteiger partial charge on any atom is -0.455 e. The van der Waals surface area contributed by atoms with Gasteiger partial charge in [-0.2, -0.15) is 15.2 Å². The van der Waals surface area contributed by atoms with Gasteiger partial charge in [0.25, 0.3) is 0 Å². The number of hydrogen-bond acceptors (Lipinski definition) is 10. The molecule has 0 radical (unpaired) electrons. The van der Waals surface area contributed by atoms with E-state index in [1.807, 2.05) is 19.1 Å². The molecule has 1 aliphatic carbocycles. The van der Waals surface area contributed by atoms with Crippen molar-refractivity contribution in [3.8, 4) is 12.1 Å². The lowest BCUT2D eigenvalue weighted by Gasteiger charge is -2.42. The molecule has 11 nitrogen and oxygen atoms in total. The molecule has 2 saturated heterocycles. The third kappa shape index (κ3) is 5.29. The summed E-state index contributed by atoms with van der Waals surface area (Å²) in [5.41, 5.74) is 11.3. The van der Waals surface area contributed by atoms with E-state index in [9.17, 15) is 10.1 Å². The Labute approximate surface area is 253 Å². The number of likely N-dealkylation sites (tertiary alicyclic amines) is 1. The number of carbonyl (C=O) groups excluding carboxylic acids is 1. The summed E-state index contributed by atoms with van der Waals surface area (Å²) in [6.07, 6.45) is 7.85. The standard InChI is InChI=1S/C32H41N9O2/c1-4-28(42)41-17-16-40(19-22(41)9-13-33)30-23-10-15-39(29-21(2)7-8-25(35)24(29)18-34)20-26(23)36-31(37-30)43-32(11-12-32)27-6-5-14-38(27)3/h4,7-8,18,22,27,34H,1,5-6,9-12,14-17,19-20,35H2,2-3H3/t22-,27-/m0/s1. The zero-order valence-electron chi connectivity index (χ0n) is 25.2. The number of aromatic nitrogens is 2. The Hall–Kier alpha value is -4.17. The predicted octanol–water partition coefficient (Wildman–Crippen LogP) is 3.05. The van der Waals surface area contributed by atoms with Crippen LogP contribution in [0.4, 0.5) is 17.2 Å². The van der Waals surface area contributed by atoms with Gasteiger partial charge in [-0.3, -0.25) is 9.69 Å². The molecule has 1 aromatic heterocycles. The summed E-state index contributed by atoms with van der Waals surface area (Å²) in [5.74, 6) is 0.681. The Bertz CT molecular complexity index is 1480. The number of benzene rings is 1. The number of nitrogens with two attached hydrogens (primary N) is 1. The van der Waals surface area contributed by atoms with E-state index in [-0.39, 0.29) is 24.0 Å². The average Bonchev–Trinajstić information content (AvgIpc) is 3.65. The summed E-state index contributed by atoms with van der Waals surface area (Å²) in [5, 5.41) is 17.6. The van der Waals surface area contributed by atoms with Gasteiger partial charge in [0.15, 0.2) is 0 Å². The molecule has 0 bridgehead atoms. The van der Waals surface area contributed by atoms with E-state index in [1.54, 1.807) is 4.90 Å². The second-order valence-corrected chi connectivity index (χ2v) is 12.3. The van der Waals surface area contributed by atoms with Crippen molar-refractivity contribution in [1.29, 1.82) is 10.7 Å². The third-order valence-corrected chi connectivity index (χ3v) is 9.67. The van der Waals surface area contributed by atoms with Gasteiger partial charge in [0.1, 0.15) is 11.4 Å². The largest absolute Gasteiger partial charge is 0.455 e. The van der Waals surface area contributed by atoms with Gasteiger partial charge in [0.2, 0.25) is 5.91 Å². The first-order valence-corrected chi connectivity index (χ1v) is 15.3. The van der Waals surface area contributed by atoms with Gasteiger partial charge in [0, 0.05) is 55.2 Å². The maximum atomic E-state index is 12.6. The number of aryl methyl sites for hydroxylation is 1. The van der Waals surface area contributed by atoms with E-state index in [0.717, 1.165) is 66.2 Å². The molecule has 11 heteroatoms. The smallest absolute Gasteiger partial charge is 0.319 e. The average molecular weight is 584 g/mol. The van der Waals surface area contributed by atoms with Crippen molar-refractivity contribution < 1.29 is 9.53 Å². The van der Waals surface area contributed by atoms with Crippen molar-refractivity contribution in [3.63, 3.8) is 0 Å². The van der Waals surface area contributed by atoms with E-state index in [2.05, 4.69) is 34.4 Å². The molecule has 0 unspecified atom stereocenters. The van der Waals surface area contributed by atoms with Crippen LogP contribution >= 0.6 is 0 Å². The number of nitrogens with zero attached hydrogens (tertiary/aromatic N) is 7. The highest BCUT2D eigenvalue weighted by molar-refractivity contribution is 5.94. The quantitative estimate of drug-likeness (QED) is 0.273. The molecular weight excluding hydrogens is 542 g/mol. The molecule has 2 aromatic rings. The molecule has 3 N–H and O–H groups in total. The molecule has 43 heavy (non-hydrogen) atoms. The van der Waals surface area contributed by atoms with E-state index < -0.39 is 0 Å². The van der Waals surface area contributed by atoms with Crippen LogP contribution in [-0.4, -0.2) is 89.3 Å². The number of anilines is 3. The number of hydrogen-bond donors (Lipinski definition) is 2. The van der Waals surface area contributed by atoms with Crippen LogP contribution in [0, 0.1) is 23.7 Å². The monoisotopic (exact) mass is 583 g/mol. The Morgan fingerprint density at radius 3 is 2.74 bits per heavy atom.